The van der Waals surface area contributed by atoms with Crippen molar-refractivity contribution >= 4 is 23.4 Å². The molecule has 154 valence electrons. The number of amides is 3. The number of hydrogen-bond donors (Lipinski definition) is 5. The molecular weight excluding hydrogens is 360 g/mol. The predicted octanol–water partition coefficient (Wildman–Crippen LogP) is 1.37. The van der Waals surface area contributed by atoms with Crippen LogP contribution in [0.25, 0.3) is 0 Å². The molecule has 0 aromatic heterocycles. The van der Waals surface area contributed by atoms with Gasteiger partial charge in [0.1, 0.15) is 6.04 Å². The van der Waals surface area contributed by atoms with Gasteiger partial charge in [0.25, 0.3) is 0 Å². The second-order valence-electron chi connectivity index (χ2n) is 7.64. The summed E-state index contributed by atoms with van der Waals surface area (Å²) in [5, 5.41) is 17.5. The average Bonchev–Trinajstić information content (AvgIpc) is 3.08. The maximum atomic E-state index is 12.8. The Balaban J connectivity index is 2.11. The highest BCUT2D eigenvalue weighted by Crippen LogP contribution is 2.34. The van der Waals surface area contributed by atoms with Gasteiger partial charge in [0.2, 0.25) is 17.7 Å². The number of benzene rings is 1. The van der Waals surface area contributed by atoms with Crippen LogP contribution in [0.5, 0.6) is 0 Å². The number of anilines is 1. The fourth-order valence-electron chi connectivity index (χ4n) is 3.67. The van der Waals surface area contributed by atoms with Crippen molar-refractivity contribution in [3.63, 3.8) is 0 Å². The molecule has 1 aliphatic heterocycles. The first-order chi connectivity index (χ1) is 13.3. The summed E-state index contributed by atoms with van der Waals surface area (Å²) in [5.41, 5.74) is 3.75. The maximum Gasteiger partial charge on any atom is 0.244 e. The monoisotopic (exact) mass is 390 g/mol. The Labute approximate surface area is 165 Å². The summed E-state index contributed by atoms with van der Waals surface area (Å²) in [6.07, 6.45) is 0.804. The van der Waals surface area contributed by atoms with E-state index in [-0.39, 0.29) is 30.1 Å². The predicted molar refractivity (Wildman–Crippen MR) is 106 cm³/mol. The molecular formula is C20H30N4O4. The summed E-state index contributed by atoms with van der Waals surface area (Å²) in [5.74, 6) is -1.58. The first kappa shape index (κ1) is 21.7. The maximum absolute atomic E-state index is 12.8. The van der Waals surface area contributed by atoms with Crippen LogP contribution in [0.1, 0.15) is 44.6 Å². The van der Waals surface area contributed by atoms with E-state index < -0.39 is 17.9 Å². The van der Waals surface area contributed by atoms with Gasteiger partial charge in [-0.15, -0.1) is 0 Å². The molecule has 5 N–H and O–H groups in total. The van der Waals surface area contributed by atoms with Crippen molar-refractivity contribution in [3.8, 4) is 0 Å². The molecule has 28 heavy (non-hydrogen) atoms. The van der Waals surface area contributed by atoms with Crippen LogP contribution in [-0.2, 0) is 14.4 Å². The van der Waals surface area contributed by atoms with Gasteiger partial charge in [0.05, 0.1) is 0 Å². The van der Waals surface area contributed by atoms with Gasteiger partial charge in [-0.25, -0.2) is 5.48 Å². The average molecular weight is 390 g/mol. The van der Waals surface area contributed by atoms with E-state index in [0.29, 0.717) is 19.4 Å². The summed E-state index contributed by atoms with van der Waals surface area (Å²) in [6.45, 7) is 4.61. The largest absolute Gasteiger partial charge is 0.384 e. The molecule has 1 unspecified atom stereocenters. The van der Waals surface area contributed by atoms with E-state index in [4.69, 9.17) is 5.21 Å². The van der Waals surface area contributed by atoms with Crippen LogP contribution >= 0.6 is 0 Å². The van der Waals surface area contributed by atoms with Crippen molar-refractivity contribution in [1.82, 2.24) is 16.1 Å². The van der Waals surface area contributed by atoms with Crippen molar-refractivity contribution in [2.75, 3.05) is 18.9 Å². The molecule has 3 atom stereocenters. The number of fused-ring (bicyclic) bond motifs is 1. The lowest BCUT2D eigenvalue weighted by Crippen LogP contribution is -2.49. The lowest BCUT2D eigenvalue weighted by atomic mass is 9.91. The lowest BCUT2D eigenvalue weighted by molar-refractivity contribution is -0.136. The van der Waals surface area contributed by atoms with E-state index in [1.54, 1.807) is 5.48 Å². The minimum atomic E-state index is -0.706. The van der Waals surface area contributed by atoms with Crippen molar-refractivity contribution in [3.05, 3.63) is 29.8 Å². The fraction of sp³-hybridized carbons (Fsp3) is 0.550. The van der Waals surface area contributed by atoms with E-state index in [1.165, 1.54) is 7.05 Å². The van der Waals surface area contributed by atoms with E-state index in [1.807, 2.05) is 38.1 Å². The van der Waals surface area contributed by atoms with E-state index in [0.717, 1.165) is 11.3 Å². The molecule has 1 aliphatic rings. The molecule has 8 nitrogen and oxygen atoms in total. The summed E-state index contributed by atoms with van der Waals surface area (Å²) in [7, 11) is 1.53. The van der Waals surface area contributed by atoms with Crippen molar-refractivity contribution in [2.24, 2.45) is 11.8 Å². The molecule has 0 spiro atoms. The van der Waals surface area contributed by atoms with Crippen LogP contribution in [0.15, 0.2) is 24.3 Å². The van der Waals surface area contributed by atoms with E-state index >= 15 is 0 Å². The zero-order valence-corrected chi connectivity index (χ0v) is 16.6. The van der Waals surface area contributed by atoms with Crippen LogP contribution in [0.2, 0.25) is 0 Å². The smallest absolute Gasteiger partial charge is 0.244 e. The van der Waals surface area contributed by atoms with Crippen molar-refractivity contribution in [2.45, 2.75) is 45.1 Å². The topological polar surface area (TPSA) is 120 Å². The molecule has 3 amide bonds. The Bertz CT molecular complexity index is 707. The minimum Gasteiger partial charge on any atom is -0.384 e. The van der Waals surface area contributed by atoms with Crippen LogP contribution in [-0.4, -0.2) is 42.6 Å². The summed E-state index contributed by atoms with van der Waals surface area (Å²) < 4.78 is 0. The Morgan fingerprint density at radius 2 is 1.93 bits per heavy atom. The van der Waals surface area contributed by atoms with Gasteiger partial charge in [-0.1, -0.05) is 32.0 Å². The number of hydrogen-bond acceptors (Lipinski definition) is 5. The van der Waals surface area contributed by atoms with Crippen LogP contribution < -0.4 is 21.4 Å². The number of nitrogens with one attached hydrogen (secondary N) is 4. The van der Waals surface area contributed by atoms with Gasteiger partial charge < -0.3 is 16.0 Å². The SMILES string of the molecule is CNC(=O)[C@H](CC1CNc2ccccc21)NC(=O)[C@@H](CC(=O)NO)CC(C)C. The zero-order chi connectivity index (χ0) is 20.7. The van der Waals surface area contributed by atoms with Gasteiger partial charge in [-0.3, -0.25) is 19.6 Å². The number of para-hydroxylation sites is 1. The Hall–Kier alpha value is -2.61. The molecule has 8 heteroatoms. The Kier molecular flexibility index (Phi) is 7.80. The highest BCUT2D eigenvalue weighted by Gasteiger charge is 2.31. The third-order valence-corrected chi connectivity index (χ3v) is 5.02. The highest BCUT2D eigenvalue weighted by atomic mass is 16.5. The molecule has 0 saturated heterocycles. The van der Waals surface area contributed by atoms with Crippen LogP contribution in [0, 0.1) is 11.8 Å². The van der Waals surface area contributed by atoms with E-state index in [9.17, 15) is 14.4 Å². The Morgan fingerprint density at radius 3 is 2.57 bits per heavy atom. The summed E-state index contributed by atoms with van der Waals surface area (Å²) >= 11 is 0. The van der Waals surface area contributed by atoms with Crippen LogP contribution in [0.4, 0.5) is 5.69 Å². The number of carbonyl (C=O) groups is 3. The van der Waals surface area contributed by atoms with Gasteiger partial charge in [0.15, 0.2) is 0 Å². The van der Waals surface area contributed by atoms with Gasteiger partial charge in [0, 0.05) is 37.5 Å². The van der Waals surface area contributed by atoms with Crippen molar-refractivity contribution < 1.29 is 19.6 Å². The molecule has 1 aromatic rings. The Morgan fingerprint density at radius 1 is 1.21 bits per heavy atom. The van der Waals surface area contributed by atoms with E-state index in [2.05, 4.69) is 16.0 Å². The second-order valence-corrected chi connectivity index (χ2v) is 7.64. The zero-order valence-electron chi connectivity index (χ0n) is 16.6. The van der Waals surface area contributed by atoms with Crippen molar-refractivity contribution in [1.29, 1.82) is 0 Å². The fourth-order valence-corrected chi connectivity index (χ4v) is 3.67. The number of rotatable bonds is 9. The molecule has 0 radical (unpaired) electrons. The molecule has 1 heterocycles. The standard InChI is InChI=1S/C20H30N4O4/c1-12(2)8-13(10-18(25)24-28)19(26)23-17(20(27)21-3)9-14-11-22-16-7-5-4-6-15(14)16/h4-7,12-14,17,22,28H,8-11H2,1-3H3,(H,21,27)(H,23,26)(H,24,25)/t13-,14?,17+/m1/s1. The first-order valence-electron chi connectivity index (χ1n) is 9.63. The molecule has 0 fully saturated rings. The summed E-state index contributed by atoms with van der Waals surface area (Å²) in [6, 6.07) is 7.22. The number of carbonyl (C=O) groups excluding carboxylic acids is 3. The molecule has 1 aromatic carbocycles. The minimum absolute atomic E-state index is 0.100. The normalized spacial score (nSPS) is 17.2. The molecule has 0 saturated carbocycles. The lowest BCUT2D eigenvalue weighted by Gasteiger charge is -2.24. The molecule has 0 bridgehead atoms. The third kappa shape index (κ3) is 5.69. The van der Waals surface area contributed by atoms with Gasteiger partial charge in [-0.05, 0) is 30.4 Å². The first-order valence-corrected chi connectivity index (χ1v) is 9.63. The molecule has 2 rings (SSSR count). The third-order valence-electron chi connectivity index (χ3n) is 5.02. The number of likely N-dealkylation sites (N-methyl/N-ethyl adjacent to an activating group) is 1. The van der Waals surface area contributed by atoms with Crippen LogP contribution in [0.3, 0.4) is 0 Å². The summed E-state index contributed by atoms with van der Waals surface area (Å²) in [4.78, 5) is 36.8. The number of hydroxylamine groups is 1. The highest BCUT2D eigenvalue weighted by molar-refractivity contribution is 5.90. The van der Waals surface area contributed by atoms with Gasteiger partial charge in [-0.2, -0.15) is 0 Å². The van der Waals surface area contributed by atoms with Gasteiger partial charge >= 0.3 is 0 Å². The quantitative estimate of drug-likeness (QED) is 0.322. The second kappa shape index (κ2) is 10.1. The molecule has 0 aliphatic carbocycles.